The Morgan fingerprint density at radius 3 is 2.64 bits per heavy atom. The van der Waals surface area contributed by atoms with Gasteiger partial charge in [0.15, 0.2) is 11.5 Å². The molecule has 8 heteroatoms. The summed E-state index contributed by atoms with van der Waals surface area (Å²) < 4.78 is 16.5. The van der Waals surface area contributed by atoms with E-state index in [1.807, 2.05) is 55.5 Å². The average Bonchev–Trinajstić information content (AvgIpc) is 3.19. The first kappa shape index (κ1) is 19.8. The van der Waals surface area contributed by atoms with Gasteiger partial charge in [0, 0.05) is 5.56 Å². The number of ether oxygens (including phenoxy) is 2. The molecule has 146 valence electrons. The van der Waals surface area contributed by atoms with E-state index >= 15 is 0 Å². The molecule has 0 spiro atoms. The Balaban J connectivity index is 1.41. The van der Waals surface area contributed by atoms with Gasteiger partial charge in [0.05, 0.1) is 19.4 Å². The van der Waals surface area contributed by atoms with E-state index < -0.39 is 0 Å². The molecule has 1 aromatic heterocycles. The summed E-state index contributed by atoms with van der Waals surface area (Å²) in [6.07, 6.45) is 0. The normalized spacial score (nSPS) is 10.5. The SMILES string of the molecule is COc1ccccc1OCCNC(=O)CSc1nnc(-c2ccccc2C)o1. The summed E-state index contributed by atoms with van der Waals surface area (Å²) in [5.41, 5.74) is 1.94. The minimum absolute atomic E-state index is 0.135. The van der Waals surface area contributed by atoms with Crippen molar-refractivity contribution in [1.29, 1.82) is 0 Å². The molecule has 1 amide bonds. The number of hydrogen-bond donors (Lipinski definition) is 1. The highest BCUT2D eigenvalue weighted by Gasteiger charge is 2.12. The number of nitrogens with zero attached hydrogens (tertiary/aromatic N) is 2. The Kier molecular flexibility index (Phi) is 6.91. The minimum Gasteiger partial charge on any atom is -0.493 e. The molecule has 0 unspecified atom stereocenters. The molecule has 2 aromatic carbocycles. The number of amides is 1. The van der Waals surface area contributed by atoms with E-state index in [-0.39, 0.29) is 11.7 Å². The van der Waals surface area contributed by atoms with Crippen molar-refractivity contribution in [1.82, 2.24) is 15.5 Å². The first-order valence-corrected chi connectivity index (χ1v) is 9.70. The largest absolute Gasteiger partial charge is 0.493 e. The molecule has 1 N–H and O–H groups in total. The lowest BCUT2D eigenvalue weighted by Crippen LogP contribution is -2.29. The quantitative estimate of drug-likeness (QED) is 0.436. The van der Waals surface area contributed by atoms with E-state index in [2.05, 4.69) is 15.5 Å². The number of methoxy groups -OCH3 is 1. The maximum Gasteiger partial charge on any atom is 0.277 e. The van der Waals surface area contributed by atoms with Crippen molar-refractivity contribution in [2.45, 2.75) is 12.1 Å². The molecule has 0 saturated heterocycles. The van der Waals surface area contributed by atoms with Crippen molar-refractivity contribution in [2.75, 3.05) is 26.0 Å². The Hall–Kier alpha value is -3.00. The van der Waals surface area contributed by atoms with Gasteiger partial charge < -0.3 is 19.2 Å². The molecule has 1 heterocycles. The first-order valence-electron chi connectivity index (χ1n) is 8.72. The van der Waals surface area contributed by atoms with Crippen molar-refractivity contribution >= 4 is 17.7 Å². The third-order valence-corrected chi connectivity index (χ3v) is 4.68. The van der Waals surface area contributed by atoms with Crippen LogP contribution < -0.4 is 14.8 Å². The second-order valence-electron chi connectivity index (χ2n) is 5.83. The third kappa shape index (κ3) is 5.26. The average molecular weight is 399 g/mol. The van der Waals surface area contributed by atoms with Crippen LogP contribution in [0.5, 0.6) is 11.5 Å². The maximum absolute atomic E-state index is 12.0. The van der Waals surface area contributed by atoms with Crippen molar-refractivity contribution in [3.05, 3.63) is 54.1 Å². The van der Waals surface area contributed by atoms with Crippen LogP contribution in [0.4, 0.5) is 0 Å². The van der Waals surface area contributed by atoms with Crippen LogP contribution in [-0.2, 0) is 4.79 Å². The molecule has 28 heavy (non-hydrogen) atoms. The van der Waals surface area contributed by atoms with Crippen molar-refractivity contribution in [3.8, 4) is 23.0 Å². The Labute approximate surface area is 167 Å². The summed E-state index contributed by atoms with van der Waals surface area (Å²) in [6, 6.07) is 15.1. The van der Waals surface area contributed by atoms with E-state index in [0.29, 0.717) is 35.8 Å². The number of nitrogens with one attached hydrogen (secondary N) is 1. The number of aryl methyl sites for hydroxylation is 1. The van der Waals surface area contributed by atoms with Crippen LogP contribution in [0, 0.1) is 6.92 Å². The molecule has 0 atom stereocenters. The van der Waals surface area contributed by atoms with Crippen molar-refractivity contribution in [3.63, 3.8) is 0 Å². The molecule has 0 aliphatic carbocycles. The zero-order valence-electron chi connectivity index (χ0n) is 15.7. The predicted molar refractivity (Wildman–Crippen MR) is 107 cm³/mol. The van der Waals surface area contributed by atoms with Gasteiger partial charge in [-0.2, -0.15) is 0 Å². The summed E-state index contributed by atoms with van der Waals surface area (Å²) >= 11 is 1.20. The van der Waals surface area contributed by atoms with Gasteiger partial charge in [-0.15, -0.1) is 10.2 Å². The molecule has 3 aromatic rings. The molecule has 0 bridgehead atoms. The molecule has 0 fully saturated rings. The highest BCUT2D eigenvalue weighted by molar-refractivity contribution is 7.99. The van der Waals surface area contributed by atoms with Crippen molar-refractivity contribution in [2.24, 2.45) is 0 Å². The third-order valence-electron chi connectivity index (χ3n) is 3.86. The van der Waals surface area contributed by atoms with Gasteiger partial charge in [0.2, 0.25) is 11.8 Å². The zero-order chi connectivity index (χ0) is 19.8. The summed E-state index contributed by atoms with van der Waals surface area (Å²) in [5, 5.41) is 11.2. The smallest absolute Gasteiger partial charge is 0.277 e. The van der Waals surface area contributed by atoms with Crippen LogP contribution in [0.25, 0.3) is 11.5 Å². The summed E-state index contributed by atoms with van der Waals surface area (Å²) in [5.74, 6) is 1.80. The molecule has 7 nitrogen and oxygen atoms in total. The number of rotatable bonds is 9. The van der Waals surface area contributed by atoms with E-state index in [4.69, 9.17) is 13.9 Å². The first-order chi connectivity index (χ1) is 13.7. The Bertz CT molecular complexity index is 929. The summed E-state index contributed by atoms with van der Waals surface area (Å²) in [4.78, 5) is 12.0. The number of hydrogen-bond acceptors (Lipinski definition) is 7. The lowest BCUT2D eigenvalue weighted by Gasteiger charge is -2.10. The van der Waals surface area contributed by atoms with Crippen LogP contribution >= 0.6 is 11.8 Å². The molecule has 0 aliphatic heterocycles. The van der Waals surface area contributed by atoms with E-state index in [9.17, 15) is 4.79 Å². The minimum atomic E-state index is -0.135. The monoisotopic (exact) mass is 399 g/mol. The molecule has 0 saturated carbocycles. The fourth-order valence-corrected chi connectivity index (χ4v) is 3.05. The van der Waals surface area contributed by atoms with E-state index in [1.165, 1.54) is 11.8 Å². The number of para-hydroxylation sites is 2. The molecular weight excluding hydrogens is 378 g/mol. The van der Waals surface area contributed by atoms with Gasteiger partial charge in [-0.3, -0.25) is 4.79 Å². The summed E-state index contributed by atoms with van der Waals surface area (Å²) in [6.45, 7) is 2.71. The highest BCUT2D eigenvalue weighted by Crippen LogP contribution is 2.26. The lowest BCUT2D eigenvalue weighted by atomic mass is 10.1. The second kappa shape index (κ2) is 9.80. The molecule has 0 radical (unpaired) electrons. The van der Waals surface area contributed by atoms with E-state index in [0.717, 1.165) is 11.1 Å². The van der Waals surface area contributed by atoms with E-state index in [1.54, 1.807) is 7.11 Å². The van der Waals surface area contributed by atoms with Crippen LogP contribution in [0.15, 0.2) is 58.2 Å². The Morgan fingerprint density at radius 1 is 1.11 bits per heavy atom. The van der Waals surface area contributed by atoms with Gasteiger partial charge in [-0.05, 0) is 30.7 Å². The number of carbonyl (C=O) groups excluding carboxylic acids is 1. The summed E-state index contributed by atoms with van der Waals surface area (Å²) in [7, 11) is 1.59. The standard InChI is InChI=1S/C20H21N3O4S/c1-14-7-3-4-8-15(14)19-22-23-20(27-19)28-13-18(24)21-11-12-26-17-10-6-5-9-16(17)25-2/h3-10H,11-13H2,1-2H3,(H,21,24). The number of aromatic nitrogens is 2. The molecular formula is C20H21N3O4S. The van der Waals surface area contributed by atoms with Crippen LogP contribution in [0.1, 0.15) is 5.56 Å². The maximum atomic E-state index is 12.0. The second-order valence-corrected chi connectivity index (χ2v) is 6.75. The van der Waals surface area contributed by atoms with Gasteiger partial charge in [0.1, 0.15) is 6.61 Å². The van der Waals surface area contributed by atoms with Gasteiger partial charge in [-0.1, -0.05) is 42.1 Å². The fourth-order valence-electron chi connectivity index (χ4n) is 2.46. The van der Waals surface area contributed by atoms with Crippen molar-refractivity contribution < 1.29 is 18.7 Å². The van der Waals surface area contributed by atoms with Crippen LogP contribution in [0.3, 0.4) is 0 Å². The van der Waals surface area contributed by atoms with Gasteiger partial charge >= 0.3 is 0 Å². The number of thioether (sulfide) groups is 1. The fraction of sp³-hybridized carbons (Fsp3) is 0.250. The Morgan fingerprint density at radius 2 is 1.86 bits per heavy atom. The zero-order valence-corrected chi connectivity index (χ0v) is 16.5. The predicted octanol–water partition coefficient (Wildman–Crippen LogP) is 3.34. The number of carbonyl (C=O) groups is 1. The topological polar surface area (TPSA) is 86.5 Å². The van der Waals surface area contributed by atoms with Gasteiger partial charge in [-0.25, -0.2) is 0 Å². The molecule has 0 aliphatic rings. The highest BCUT2D eigenvalue weighted by atomic mass is 32.2. The van der Waals surface area contributed by atoms with Gasteiger partial charge in [0.25, 0.3) is 5.22 Å². The number of benzene rings is 2. The molecule has 3 rings (SSSR count). The van der Waals surface area contributed by atoms with Crippen LogP contribution in [-0.4, -0.2) is 42.1 Å². The van der Waals surface area contributed by atoms with Crippen LogP contribution in [0.2, 0.25) is 0 Å². The lowest BCUT2D eigenvalue weighted by molar-refractivity contribution is -0.118.